The number of fused-ring (bicyclic) bond motifs is 6. The summed E-state index contributed by atoms with van der Waals surface area (Å²) in [6, 6.07) is 22.0. The maximum absolute atomic E-state index is 6.83. The van der Waals surface area contributed by atoms with Gasteiger partial charge in [-0.2, -0.15) is 0 Å². The number of rotatable bonds is 4. The Morgan fingerprint density at radius 1 is 0.750 bits per heavy atom. The molecule has 1 saturated heterocycles. The zero-order valence-corrected chi connectivity index (χ0v) is 30.8. The molecule has 2 bridgehead atoms. The zero-order valence-electron chi connectivity index (χ0n) is 30.8. The van der Waals surface area contributed by atoms with E-state index in [1.54, 1.807) is 0 Å². The minimum absolute atomic E-state index is 0.0137. The highest BCUT2D eigenvalue weighted by molar-refractivity contribution is 5.35. The lowest BCUT2D eigenvalue weighted by Gasteiger charge is -2.72. The normalized spacial score (nSPS) is 41.9. The molecule has 0 amide bonds. The summed E-state index contributed by atoms with van der Waals surface area (Å²) in [5.74, 6) is 3.13. The van der Waals surface area contributed by atoms with Crippen LogP contribution >= 0.6 is 0 Å². The number of ether oxygens (including phenoxy) is 1. The third-order valence-electron chi connectivity index (χ3n) is 17.0. The first-order valence-electron chi connectivity index (χ1n) is 19.5. The Hall–Kier alpha value is -2.46. The SMILES string of the molecule is CC1(C)CC[C@]23CC[C@]4(C)[C@H](CC[C@@H]5[C@@]6(C)Cc7nnn(CC(c8ccccc8)c8ccccc8)c7C(C)(C)[C@@H]6CC[C@]54C)[C@H]2[C@H]1OC3. The molecule has 5 aliphatic carbocycles. The van der Waals surface area contributed by atoms with Crippen molar-refractivity contribution in [3.05, 3.63) is 83.2 Å². The van der Waals surface area contributed by atoms with Crippen molar-refractivity contribution in [2.75, 3.05) is 6.61 Å². The lowest BCUT2D eigenvalue weighted by atomic mass is 9.31. The average molecular weight is 646 g/mol. The highest BCUT2D eigenvalue weighted by Gasteiger charge is 2.73. The Labute approximate surface area is 289 Å². The Morgan fingerprint density at radius 2 is 1.42 bits per heavy atom. The van der Waals surface area contributed by atoms with E-state index in [1.807, 2.05) is 0 Å². The summed E-state index contributed by atoms with van der Waals surface area (Å²) in [4.78, 5) is 0. The maximum Gasteiger partial charge on any atom is 0.0870 e. The number of benzene rings is 2. The van der Waals surface area contributed by atoms with Gasteiger partial charge in [0.05, 0.1) is 30.6 Å². The molecule has 48 heavy (non-hydrogen) atoms. The van der Waals surface area contributed by atoms with Gasteiger partial charge in [0.15, 0.2) is 0 Å². The number of aromatic nitrogens is 3. The first-order valence-corrected chi connectivity index (χ1v) is 19.5. The minimum Gasteiger partial charge on any atom is -0.377 e. The minimum atomic E-state index is 0.0137. The highest BCUT2D eigenvalue weighted by Crippen LogP contribution is 2.77. The Morgan fingerprint density at radius 3 is 2.10 bits per heavy atom. The fourth-order valence-corrected chi connectivity index (χ4v) is 14.5. The van der Waals surface area contributed by atoms with Crippen LogP contribution in [0.25, 0.3) is 0 Å². The second-order valence-corrected chi connectivity index (χ2v) is 19.6. The summed E-state index contributed by atoms with van der Waals surface area (Å²) < 4.78 is 9.16. The molecule has 4 saturated carbocycles. The molecule has 2 aromatic carbocycles. The molecule has 1 aliphatic heterocycles. The van der Waals surface area contributed by atoms with E-state index in [1.165, 1.54) is 73.9 Å². The molecular formula is C44H59N3O. The van der Waals surface area contributed by atoms with Crippen molar-refractivity contribution in [2.45, 2.75) is 130 Å². The van der Waals surface area contributed by atoms with Gasteiger partial charge in [0.1, 0.15) is 0 Å². The largest absolute Gasteiger partial charge is 0.377 e. The third kappa shape index (κ3) is 4.05. The van der Waals surface area contributed by atoms with Crippen molar-refractivity contribution in [1.29, 1.82) is 0 Å². The Bertz CT molecular complexity index is 1650. The van der Waals surface area contributed by atoms with Gasteiger partial charge in [-0.25, -0.2) is 4.68 Å². The number of nitrogens with zero attached hydrogens (tertiary/aromatic N) is 3. The topological polar surface area (TPSA) is 39.9 Å². The predicted molar refractivity (Wildman–Crippen MR) is 193 cm³/mol. The second-order valence-electron chi connectivity index (χ2n) is 19.6. The molecule has 3 aromatic rings. The van der Waals surface area contributed by atoms with Crippen molar-refractivity contribution >= 4 is 0 Å². The summed E-state index contributed by atoms with van der Waals surface area (Å²) in [5, 5.41) is 10.1. The standard InChI is InChI=1S/C44H59N3O/c1-39(2)22-24-44-25-23-42(6)32(36(44)38(39)48-28-44)18-19-35-41(5)26-33-37(40(3,4)34(41)20-21-43(35,42)7)47(46-45-33)27-31(29-14-10-8-11-15-29)30-16-12-9-13-17-30/h8-17,31-32,34-36,38H,18-28H2,1-7H3/t32-,34+,35-,36+,38-,41+,42-,43-,44-/m1/s1. The molecule has 4 heteroatoms. The summed E-state index contributed by atoms with van der Waals surface area (Å²) in [6.45, 7) is 20.2. The lowest BCUT2D eigenvalue weighted by molar-refractivity contribution is -0.233. The molecule has 6 aliphatic rings. The quantitative estimate of drug-likeness (QED) is 0.284. The lowest BCUT2D eigenvalue weighted by Crippen LogP contribution is -2.67. The molecule has 9 atom stereocenters. The molecule has 5 fully saturated rings. The van der Waals surface area contributed by atoms with Crippen LogP contribution in [0.5, 0.6) is 0 Å². The monoisotopic (exact) mass is 645 g/mol. The number of hydrogen-bond acceptors (Lipinski definition) is 3. The molecule has 1 aromatic heterocycles. The zero-order chi connectivity index (χ0) is 33.3. The van der Waals surface area contributed by atoms with E-state index < -0.39 is 0 Å². The van der Waals surface area contributed by atoms with Crippen molar-refractivity contribution in [3.8, 4) is 0 Å². The molecule has 2 heterocycles. The van der Waals surface area contributed by atoms with Crippen LogP contribution in [0.15, 0.2) is 60.7 Å². The molecule has 4 nitrogen and oxygen atoms in total. The van der Waals surface area contributed by atoms with Gasteiger partial charge in [-0.3, -0.25) is 0 Å². The molecule has 0 radical (unpaired) electrons. The van der Waals surface area contributed by atoms with Crippen LogP contribution in [-0.2, 0) is 23.1 Å². The summed E-state index contributed by atoms with van der Waals surface area (Å²) in [6.07, 6.45) is 12.4. The fraction of sp³-hybridized carbons (Fsp3) is 0.682. The molecule has 0 spiro atoms. The van der Waals surface area contributed by atoms with Crippen LogP contribution < -0.4 is 0 Å². The van der Waals surface area contributed by atoms with Gasteiger partial charge in [-0.1, -0.05) is 114 Å². The summed E-state index contributed by atoms with van der Waals surface area (Å²) >= 11 is 0. The first-order chi connectivity index (χ1) is 22.8. The second kappa shape index (κ2) is 10.3. The average Bonchev–Trinajstić information content (AvgIpc) is 3.63. The van der Waals surface area contributed by atoms with E-state index in [0.717, 1.165) is 31.4 Å². The van der Waals surface area contributed by atoms with Gasteiger partial charge in [-0.05, 0) is 120 Å². The summed E-state index contributed by atoms with van der Waals surface area (Å²) in [7, 11) is 0. The molecule has 0 unspecified atom stereocenters. The third-order valence-corrected chi connectivity index (χ3v) is 17.0. The van der Waals surface area contributed by atoms with Gasteiger partial charge in [0, 0.05) is 11.3 Å². The van der Waals surface area contributed by atoms with Crippen molar-refractivity contribution < 1.29 is 4.74 Å². The van der Waals surface area contributed by atoms with Crippen LogP contribution in [0.3, 0.4) is 0 Å². The summed E-state index contributed by atoms with van der Waals surface area (Å²) in [5.41, 5.74) is 7.09. The van der Waals surface area contributed by atoms with Crippen LogP contribution in [0.4, 0.5) is 0 Å². The van der Waals surface area contributed by atoms with Gasteiger partial charge in [-0.15, -0.1) is 5.10 Å². The first kappa shape index (κ1) is 31.5. The van der Waals surface area contributed by atoms with Gasteiger partial charge < -0.3 is 4.74 Å². The number of hydrogen-bond donors (Lipinski definition) is 0. The van der Waals surface area contributed by atoms with Crippen molar-refractivity contribution in [3.63, 3.8) is 0 Å². The van der Waals surface area contributed by atoms with Crippen LogP contribution in [0.2, 0.25) is 0 Å². The maximum atomic E-state index is 6.83. The molecular weight excluding hydrogens is 587 g/mol. The van der Waals surface area contributed by atoms with E-state index in [-0.39, 0.29) is 16.7 Å². The molecule has 9 rings (SSSR count). The van der Waals surface area contributed by atoms with Gasteiger partial charge in [0.25, 0.3) is 0 Å². The van der Waals surface area contributed by atoms with E-state index in [2.05, 4.69) is 114 Å². The van der Waals surface area contributed by atoms with Gasteiger partial charge >= 0.3 is 0 Å². The van der Waals surface area contributed by atoms with Gasteiger partial charge in [0.2, 0.25) is 0 Å². The van der Waals surface area contributed by atoms with Crippen LogP contribution in [-0.4, -0.2) is 27.7 Å². The van der Waals surface area contributed by atoms with E-state index >= 15 is 0 Å². The fourth-order valence-electron chi connectivity index (χ4n) is 14.5. The Balaban J connectivity index is 1.06. The Kier molecular flexibility index (Phi) is 6.76. The highest BCUT2D eigenvalue weighted by atomic mass is 16.5. The van der Waals surface area contributed by atoms with Crippen LogP contribution in [0.1, 0.15) is 128 Å². The van der Waals surface area contributed by atoms with E-state index in [9.17, 15) is 0 Å². The smallest absolute Gasteiger partial charge is 0.0870 e. The van der Waals surface area contributed by atoms with E-state index in [0.29, 0.717) is 39.6 Å². The molecule has 256 valence electrons. The van der Waals surface area contributed by atoms with E-state index in [4.69, 9.17) is 15.0 Å². The molecule has 0 N–H and O–H groups in total. The van der Waals surface area contributed by atoms with Crippen molar-refractivity contribution in [1.82, 2.24) is 15.0 Å². The van der Waals surface area contributed by atoms with Crippen molar-refractivity contribution in [2.24, 2.45) is 50.7 Å². The van der Waals surface area contributed by atoms with Crippen LogP contribution in [0, 0.1) is 50.7 Å². The predicted octanol–water partition coefficient (Wildman–Crippen LogP) is 10.0.